The van der Waals surface area contributed by atoms with E-state index in [1.807, 2.05) is 24.4 Å². The molecule has 3 heterocycles. The number of anilines is 1. The predicted molar refractivity (Wildman–Crippen MR) is 149 cm³/mol. The fourth-order valence-electron chi connectivity index (χ4n) is 5.25. The first-order chi connectivity index (χ1) is 18.2. The fraction of sp³-hybridized carbons (Fsp3) is 0.357. The average molecular weight is 577 g/mol. The van der Waals surface area contributed by atoms with Crippen LogP contribution in [0.15, 0.2) is 47.8 Å². The van der Waals surface area contributed by atoms with E-state index < -0.39 is 17.6 Å². The topological polar surface area (TPSA) is 70.7 Å². The Balaban J connectivity index is 1.27. The maximum absolute atomic E-state index is 14.0. The summed E-state index contributed by atoms with van der Waals surface area (Å²) in [5.74, 6) is -0.840. The monoisotopic (exact) mass is 575 g/mol. The standard InChI is InChI=1S/C28H28Cl2FN3O3S/c1-17-7-13-38-25(17)16-32-26(35)20(18-2-4-22(29)23(30)14-18)6-10-34-11-8-28(9-12-34)21-15-19(31)3-5-24(21)33-27(36)37-28/h2-5,7,13-15,20H,6,8-12,16H2,1H3,(H,32,35)(H,33,36). The lowest BCUT2D eigenvalue weighted by molar-refractivity contribution is -0.123. The summed E-state index contributed by atoms with van der Waals surface area (Å²) in [4.78, 5) is 29.0. The van der Waals surface area contributed by atoms with Crippen molar-refractivity contribution >= 4 is 52.2 Å². The summed E-state index contributed by atoms with van der Waals surface area (Å²) < 4.78 is 19.8. The van der Waals surface area contributed by atoms with E-state index in [4.69, 9.17) is 27.9 Å². The zero-order valence-corrected chi connectivity index (χ0v) is 23.2. The summed E-state index contributed by atoms with van der Waals surface area (Å²) in [6.07, 6.45) is 1.14. The van der Waals surface area contributed by atoms with E-state index in [9.17, 15) is 14.0 Å². The zero-order valence-electron chi connectivity index (χ0n) is 20.9. The van der Waals surface area contributed by atoms with Crippen molar-refractivity contribution in [2.24, 2.45) is 0 Å². The van der Waals surface area contributed by atoms with Crippen LogP contribution in [0.2, 0.25) is 10.0 Å². The number of ether oxygens (including phenoxy) is 1. The smallest absolute Gasteiger partial charge is 0.412 e. The number of nitrogens with zero attached hydrogens (tertiary/aromatic N) is 1. The molecule has 10 heteroatoms. The molecule has 1 spiro atoms. The molecule has 2 amide bonds. The molecule has 1 atom stereocenters. The molecular weight excluding hydrogens is 548 g/mol. The van der Waals surface area contributed by atoms with Gasteiger partial charge < -0.3 is 15.0 Å². The minimum Gasteiger partial charge on any atom is -0.438 e. The lowest BCUT2D eigenvalue weighted by Crippen LogP contribution is -2.48. The number of hydrogen-bond acceptors (Lipinski definition) is 5. The molecule has 1 aromatic heterocycles. The van der Waals surface area contributed by atoms with Crippen LogP contribution in [0.25, 0.3) is 0 Å². The quantitative estimate of drug-likeness (QED) is 0.323. The number of carbonyl (C=O) groups excluding carboxylic acids is 2. The van der Waals surface area contributed by atoms with Gasteiger partial charge in [-0.05, 0) is 72.8 Å². The summed E-state index contributed by atoms with van der Waals surface area (Å²) >= 11 is 14.0. The Labute approximate surface area is 235 Å². The number of carbonyl (C=O) groups is 2. The van der Waals surface area contributed by atoms with Crippen LogP contribution < -0.4 is 10.6 Å². The first-order valence-electron chi connectivity index (χ1n) is 12.5. The van der Waals surface area contributed by atoms with Crippen LogP contribution in [0.3, 0.4) is 0 Å². The summed E-state index contributed by atoms with van der Waals surface area (Å²) in [6, 6.07) is 11.7. The number of piperidine rings is 1. The summed E-state index contributed by atoms with van der Waals surface area (Å²) in [6.45, 7) is 4.46. The van der Waals surface area contributed by atoms with Crippen LogP contribution in [0, 0.1) is 12.7 Å². The highest BCUT2D eigenvalue weighted by atomic mass is 35.5. The summed E-state index contributed by atoms with van der Waals surface area (Å²) in [7, 11) is 0. The maximum atomic E-state index is 14.0. The minimum atomic E-state index is -0.852. The third-order valence-electron chi connectivity index (χ3n) is 7.45. The van der Waals surface area contributed by atoms with Crippen LogP contribution >= 0.6 is 34.5 Å². The molecule has 0 bridgehead atoms. The molecule has 0 radical (unpaired) electrons. The SMILES string of the molecule is Cc1ccsc1CNC(=O)C(CCN1CCC2(CC1)OC(=O)Nc1ccc(F)cc12)c1ccc(Cl)c(Cl)c1. The first kappa shape index (κ1) is 26.9. The Morgan fingerprint density at radius 1 is 1.18 bits per heavy atom. The highest BCUT2D eigenvalue weighted by Crippen LogP contribution is 2.44. The highest BCUT2D eigenvalue weighted by Gasteiger charge is 2.44. The van der Waals surface area contributed by atoms with Gasteiger partial charge in [-0.3, -0.25) is 10.1 Å². The number of benzene rings is 2. The van der Waals surface area contributed by atoms with E-state index in [-0.39, 0.29) is 11.7 Å². The highest BCUT2D eigenvalue weighted by molar-refractivity contribution is 7.10. The van der Waals surface area contributed by atoms with Crippen molar-refractivity contribution in [2.45, 2.75) is 44.2 Å². The molecule has 1 unspecified atom stereocenters. The number of halogens is 3. The van der Waals surface area contributed by atoms with Crippen LogP contribution in [0.4, 0.5) is 14.9 Å². The molecule has 2 aliphatic rings. The fourth-order valence-corrected chi connectivity index (χ4v) is 6.40. The zero-order chi connectivity index (χ0) is 26.9. The summed E-state index contributed by atoms with van der Waals surface area (Å²) in [5.41, 5.74) is 2.38. The third-order valence-corrected chi connectivity index (χ3v) is 9.21. The second kappa shape index (κ2) is 11.2. The summed E-state index contributed by atoms with van der Waals surface area (Å²) in [5, 5.41) is 8.63. The van der Waals surface area contributed by atoms with E-state index in [0.29, 0.717) is 66.7 Å². The van der Waals surface area contributed by atoms with Gasteiger partial charge >= 0.3 is 6.09 Å². The maximum Gasteiger partial charge on any atom is 0.412 e. The number of nitrogens with one attached hydrogen (secondary N) is 2. The molecule has 2 aliphatic heterocycles. The van der Waals surface area contributed by atoms with Gasteiger partial charge in [0.25, 0.3) is 0 Å². The van der Waals surface area contributed by atoms with Crippen LogP contribution in [0.1, 0.15) is 46.7 Å². The Bertz CT molecular complexity index is 1360. The largest absolute Gasteiger partial charge is 0.438 e. The van der Waals surface area contributed by atoms with Gasteiger partial charge in [0.1, 0.15) is 11.4 Å². The Hall–Kier alpha value is -2.65. The van der Waals surface area contributed by atoms with Gasteiger partial charge in [-0.15, -0.1) is 11.3 Å². The van der Waals surface area contributed by atoms with Crippen LogP contribution in [-0.4, -0.2) is 36.5 Å². The van der Waals surface area contributed by atoms with Gasteiger partial charge in [0.15, 0.2) is 0 Å². The molecule has 2 N–H and O–H groups in total. The van der Waals surface area contributed by atoms with Gasteiger partial charge in [-0.1, -0.05) is 29.3 Å². The first-order valence-corrected chi connectivity index (χ1v) is 14.2. The number of thiophene rings is 1. The second-order valence-electron chi connectivity index (χ2n) is 9.80. The lowest BCUT2D eigenvalue weighted by atomic mass is 9.82. The van der Waals surface area contributed by atoms with Gasteiger partial charge in [0.05, 0.1) is 28.2 Å². The van der Waals surface area contributed by atoms with E-state index in [2.05, 4.69) is 15.5 Å². The molecule has 200 valence electrons. The average Bonchev–Trinajstić information content (AvgIpc) is 3.31. The van der Waals surface area contributed by atoms with Crippen molar-refractivity contribution in [3.05, 3.63) is 85.3 Å². The predicted octanol–water partition coefficient (Wildman–Crippen LogP) is 6.85. The van der Waals surface area contributed by atoms with Crippen molar-refractivity contribution in [2.75, 3.05) is 25.0 Å². The van der Waals surface area contributed by atoms with E-state index >= 15 is 0 Å². The number of amides is 2. The van der Waals surface area contributed by atoms with Gasteiger partial charge in [0, 0.05) is 36.4 Å². The Kier molecular flexibility index (Phi) is 7.95. The molecule has 2 aromatic carbocycles. The third kappa shape index (κ3) is 5.69. The molecule has 1 fully saturated rings. The number of likely N-dealkylation sites (tertiary alicyclic amines) is 1. The Morgan fingerprint density at radius 3 is 2.68 bits per heavy atom. The molecule has 0 saturated carbocycles. The number of aryl methyl sites for hydroxylation is 1. The van der Waals surface area contributed by atoms with Crippen molar-refractivity contribution < 1.29 is 18.7 Å². The van der Waals surface area contributed by atoms with Gasteiger partial charge in [-0.2, -0.15) is 0 Å². The van der Waals surface area contributed by atoms with Crippen LogP contribution in [0.5, 0.6) is 0 Å². The van der Waals surface area contributed by atoms with Crippen molar-refractivity contribution in [1.82, 2.24) is 10.2 Å². The van der Waals surface area contributed by atoms with E-state index in [1.165, 1.54) is 12.1 Å². The van der Waals surface area contributed by atoms with Crippen molar-refractivity contribution in [1.29, 1.82) is 0 Å². The van der Waals surface area contributed by atoms with E-state index in [1.54, 1.807) is 29.5 Å². The minimum absolute atomic E-state index is 0.0682. The van der Waals surface area contributed by atoms with Gasteiger partial charge in [0.2, 0.25) is 5.91 Å². The molecular formula is C28H28Cl2FN3O3S. The van der Waals surface area contributed by atoms with Crippen LogP contribution in [-0.2, 0) is 21.7 Å². The van der Waals surface area contributed by atoms with Crippen molar-refractivity contribution in [3.8, 4) is 0 Å². The molecule has 1 saturated heterocycles. The number of rotatable bonds is 7. The second-order valence-corrected chi connectivity index (χ2v) is 11.6. The molecule has 5 rings (SSSR count). The van der Waals surface area contributed by atoms with E-state index in [0.717, 1.165) is 16.0 Å². The van der Waals surface area contributed by atoms with Gasteiger partial charge in [-0.25, -0.2) is 9.18 Å². The number of fused-ring (bicyclic) bond motifs is 2. The lowest BCUT2D eigenvalue weighted by Gasteiger charge is -2.44. The Morgan fingerprint density at radius 2 is 1.97 bits per heavy atom. The molecule has 3 aromatic rings. The molecule has 6 nitrogen and oxygen atoms in total. The van der Waals surface area contributed by atoms with Crippen molar-refractivity contribution in [3.63, 3.8) is 0 Å². The molecule has 38 heavy (non-hydrogen) atoms. The number of hydrogen-bond donors (Lipinski definition) is 2. The normalized spacial score (nSPS) is 17.4. The molecule has 0 aliphatic carbocycles.